The number of rotatable bonds is 1. The van der Waals surface area contributed by atoms with Crippen LogP contribution in [0.1, 0.15) is 32.1 Å². The molecule has 0 amide bonds. The Labute approximate surface area is 76.5 Å². The summed E-state index contributed by atoms with van der Waals surface area (Å²) in [6, 6.07) is 0.104. The molecule has 1 aromatic heterocycles. The molecule has 1 heterocycles. The number of hydrogen-bond donors (Lipinski definition) is 2. The van der Waals surface area contributed by atoms with E-state index in [9.17, 15) is 0 Å². The predicted molar refractivity (Wildman–Crippen MR) is 47.9 cm³/mol. The van der Waals surface area contributed by atoms with Gasteiger partial charge in [0.05, 0.1) is 5.41 Å². The summed E-state index contributed by atoms with van der Waals surface area (Å²) in [5.74, 6) is 0.769. The summed E-state index contributed by atoms with van der Waals surface area (Å²) < 4.78 is 5.06. The van der Waals surface area contributed by atoms with Crippen LogP contribution in [0.15, 0.2) is 4.52 Å². The maximum atomic E-state index is 5.99. The molecule has 2 unspecified atom stereocenters. The third-order valence-corrected chi connectivity index (χ3v) is 2.96. The Kier molecular flexibility index (Phi) is 1.76. The molecule has 0 spiro atoms. The van der Waals surface area contributed by atoms with Crippen molar-refractivity contribution >= 4 is 5.95 Å². The van der Waals surface area contributed by atoms with Gasteiger partial charge in [0.1, 0.15) is 0 Å². The monoisotopic (exact) mass is 182 g/mol. The smallest absolute Gasteiger partial charge is 0.260 e. The van der Waals surface area contributed by atoms with E-state index in [1.54, 1.807) is 0 Å². The first-order chi connectivity index (χ1) is 6.13. The van der Waals surface area contributed by atoms with Crippen molar-refractivity contribution in [1.82, 2.24) is 10.1 Å². The molecular formula is C8H14N4O. The van der Waals surface area contributed by atoms with Crippen molar-refractivity contribution in [2.24, 2.45) is 5.73 Å². The minimum atomic E-state index is -0.176. The van der Waals surface area contributed by atoms with E-state index in [4.69, 9.17) is 16.0 Å². The standard InChI is InChI=1S/C8H14N4O/c1-8(4-2-3-5(8)9)6-11-7(10)12-13-6/h5H,2-4,9H2,1H3,(H2,10,12). The Morgan fingerprint density at radius 2 is 2.38 bits per heavy atom. The van der Waals surface area contributed by atoms with Crippen LogP contribution < -0.4 is 11.5 Å². The second kappa shape index (κ2) is 2.70. The van der Waals surface area contributed by atoms with Crippen LogP contribution in [0.3, 0.4) is 0 Å². The van der Waals surface area contributed by atoms with Gasteiger partial charge in [-0.3, -0.25) is 0 Å². The Morgan fingerprint density at radius 1 is 1.62 bits per heavy atom. The van der Waals surface area contributed by atoms with Gasteiger partial charge in [0.2, 0.25) is 5.89 Å². The first-order valence-electron chi connectivity index (χ1n) is 4.48. The molecule has 1 aromatic rings. The summed E-state index contributed by atoms with van der Waals surface area (Å²) >= 11 is 0. The van der Waals surface area contributed by atoms with Gasteiger partial charge in [-0.05, 0) is 24.9 Å². The number of anilines is 1. The average molecular weight is 182 g/mol. The quantitative estimate of drug-likeness (QED) is 0.656. The topological polar surface area (TPSA) is 91.0 Å². The molecule has 0 bridgehead atoms. The number of nitrogens with two attached hydrogens (primary N) is 2. The summed E-state index contributed by atoms with van der Waals surface area (Å²) in [6.07, 6.45) is 3.12. The molecule has 13 heavy (non-hydrogen) atoms. The van der Waals surface area contributed by atoms with Gasteiger partial charge in [-0.1, -0.05) is 6.42 Å². The zero-order chi connectivity index (χ0) is 9.47. The molecule has 1 aliphatic rings. The highest BCUT2D eigenvalue weighted by Gasteiger charge is 2.42. The van der Waals surface area contributed by atoms with Gasteiger partial charge in [-0.2, -0.15) is 4.98 Å². The van der Waals surface area contributed by atoms with Crippen LogP contribution >= 0.6 is 0 Å². The first kappa shape index (κ1) is 8.50. The van der Waals surface area contributed by atoms with E-state index >= 15 is 0 Å². The largest absolute Gasteiger partial charge is 0.365 e. The van der Waals surface area contributed by atoms with Crippen molar-refractivity contribution in [2.75, 3.05) is 5.73 Å². The fraction of sp³-hybridized carbons (Fsp3) is 0.750. The second-order valence-electron chi connectivity index (χ2n) is 3.87. The Bertz CT molecular complexity index is 311. The molecule has 0 aliphatic heterocycles. The molecule has 5 nitrogen and oxygen atoms in total. The molecule has 0 radical (unpaired) electrons. The van der Waals surface area contributed by atoms with E-state index in [0.29, 0.717) is 5.89 Å². The third-order valence-electron chi connectivity index (χ3n) is 2.96. The van der Waals surface area contributed by atoms with Crippen molar-refractivity contribution in [3.05, 3.63) is 5.89 Å². The lowest BCUT2D eigenvalue weighted by Gasteiger charge is -2.23. The molecule has 4 N–H and O–H groups in total. The molecule has 1 saturated carbocycles. The Hall–Kier alpha value is -1.10. The van der Waals surface area contributed by atoms with E-state index < -0.39 is 0 Å². The predicted octanol–water partition coefficient (Wildman–Crippen LogP) is 0.421. The number of nitrogens with zero attached hydrogens (tertiary/aromatic N) is 2. The zero-order valence-corrected chi connectivity index (χ0v) is 7.66. The van der Waals surface area contributed by atoms with Gasteiger partial charge in [-0.25, -0.2) is 0 Å². The summed E-state index contributed by atoms with van der Waals surface area (Å²) in [5.41, 5.74) is 11.2. The lowest BCUT2D eigenvalue weighted by atomic mass is 9.85. The van der Waals surface area contributed by atoms with Crippen LogP contribution in [-0.4, -0.2) is 16.2 Å². The fourth-order valence-electron chi connectivity index (χ4n) is 1.93. The van der Waals surface area contributed by atoms with Crippen LogP contribution in [-0.2, 0) is 5.41 Å². The highest BCUT2D eigenvalue weighted by Crippen LogP contribution is 2.38. The van der Waals surface area contributed by atoms with Crippen LogP contribution in [0.2, 0.25) is 0 Å². The van der Waals surface area contributed by atoms with Gasteiger partial charge in [0, 0.05) is 6.04 Å². The third kappa shape index (κ3) is 1.19. The molecule has 5 heteroatoms. The van der Waals surface area contributed by atoms with Crippen molar-refractivity contribution < 1.29 is 4.52 Å². The van der Waals surface area contributed by atoms with Crippen LogP contribution in [0.4, 0.5) is 5.95 Å². The highest BCUT2D eigenvalue weighted by atomic mass is 16.5. The van der Waals surface area contributed by atoms with E-state index in [1.165, 1.54) is 0 Å². The van der Waals surface area contributed by atoms with Gasteiger partial charge < -0.3 is 16.0 Å². The minimum Gasteiger partial charge on any atom is -0.365 e. The summed E-state index contributed by atoms with van der Waals surface area (Å²) in [6.45, 7) is 2.05. The lowest BCUT2D eigenvalue weighted by molar-refractivity contribution is 0.278. The maximum Gasteiger partial charge on any atom is 0.260 e. The lowest BCUT2D eigenvalue weighted by Crippen LogP contribution is -2.38. The highest BCUT2D eigenvalue weighted by molar-refractivity contribution is 5.18. The SMILES string of the molecule is CC1(c2nc(N)no2)CCCC1N. The Balaban J connectivity index is 2.33. The summed E-state index contributed by atoms with van der Waals surface area (Å²) in [5, 5.41) is 3.58. The zero-order valence-electron chi connectivity index (χ0n) is 7.66. The normalized spacial score (nSPS) is 33.8. The van der Waals surface area contributed by atoms with E-state index in [2.05, 4.69) is 17.1 Å². The van der Waals surface area contributed by atoms with E-state index in [-0.39, 0.29) is 17.4 Å². The minimum absolute atomic E-state index is 0.104. The van der Waals surface area contributed by atoms with E-state index in [0.717, 1.165) is 19.3 Å². The summed E-state index contributed by atoms with van der Waals surface area (Å²) in [4.78, 5) is 4.03. The van der Waals surface area contributed by atoms with Crippen molar-refractivity contribution in [3.8, 4) is 0 Å². The van der Waals surface area contributed by atoms with Gasteiger partial charge in [0.25, 0.3) is 5.95 Å². The summed E-state index contributed by atoms with van der Waals surface area (Å²) in [7, 11) is 0. The maximum absolute atomic E-state index is 5.99. The second-order valence-corrected chi connectivity index (χ2v) is 3.87. The van der Waals surface area contributed by atoms with Crippen molar-refractivity contribution in [2.45, 2.75) is 37.6 Å². The van der Waals surface area contributed by atoms with Gasteiger partial charge in [0.15, 0.2) is 0 Å². The molecular weight excluding hydrogens is 168 g/mol. The number of aromatic nitrogens is 2. The number of nitrogen functional groups attached to an aromatic ring is 1. The van der Waals surface area contributed by atoms with Gasteiger partial charge >= 0.3 is 0 Å². The molecule has 0 aromatic carbocycles. The fourth-order valence-corrected chi connectivity index (χ4v) is 1.93. The van der Waals surface area contributed by atoms with Crippen LogP contribution in [0.25, 0.3) is 0 Å². The molecule has 72 valence electrons. The molecule has 1 fully saturated rings. The van der Waals surface area contributed by atoms with Crippen molar-refractivity contribution in [3.63, 3.8) is 0 Å². The number of hydrogen-bond acceptors (Lipinski definition) is 5. The average Bonchev–Trinajstić information content (AvgIpc) is 2.62. The van der Waals surface area contributed by atoms with Crippen LogP contribution in [0.5, 0.6) is 0 Å². The van der Waals surface area contributed by atoms with Crippen LogP contribution in [0, 0.1) is 0 Å². The molecule has 1 aliphatic carbocycles. The van der Waals surface area contributed by atoms with Crippen molar-refractivity contribution in [1.29, 1.82) is 0 Å². The van der Waals surface area contributed by atoms with E-state index in [1.807, 2.05) is 0 Å². The Morgan fingerprint density at radius 3 is 2.85 bits per heavy atom. The van der Waals surface area contributed by atoms with Gasteiger partial charge in [-0.15, -0.1) is 0 Å². The molecule has 0 saturated heterocycles. The first-order valence-corrected chi connectivity index (χ1v) is 4.48. The molecule has 2 rings (SSSR count). The molecule has 2 atom stereocenters.